The zero-order valence-corrected chi connectivity index (χ0v) is 14.0. The second-order valence-corrected chi connectivity index (χ2v) is 6.16. The van der Waals surface area contributed by atoms with Crippen LogP contribution in [0.15, 0.2) is 18.2 Å². The monoisotopic (exact) mass is 277 g/mol. The van der Waals surface area contributed by atoms with E-state index in [0.29, 0.717) is 17.9 Å². The first-order valence-electron chi connectivity index (χ1n) is 7.87. The van der Waals surface area contributed by atoms with Crippen LogP contribution in [0.25, 0.3) is 0 Å². The molecule has 0 aromatic heterocycles. The van der Waals surface area contributed by atoms with Crippen molar-refractivity contribution in [1.29, 1.82) is 0 Å². The average Bonchev–Trinajstić information content (AvgIpc) is 2.40. The van der Waals surface area contributed by atoms with E-state index in [1.165, 1.54) is 24.0 Å². The molecule has 0 bridgehead atoms. The van der Waals surface area contributed by atoms with Crippen molar-refractivity contribution in [3.05, 3.63) is 29.3 Å². The summed E-state index contributed by atoms with van der Waals surface area (Å²) in [4.78, 5) is 0. The summed E-state index contributed by atoms with van der Waals surface area (Å²) in [5, 5.41) is 3.59. The Morgan fingerprint density at radius 2 is 1.90 bits per heavy atom. The van der Waals surface area contributed by atoms with Crippen LogP contribution in [-0.2, 0) is 0 Å². The van der Waals surface area contributed by atoms with Gasteiger partial charge in [0.2, 0.25) is 0 Å². The first-order valence-corrected chi connectivity index (χ1v) is 7.87. The number of rotatable bonds is 8. The molecule has 114 valence electrons. The van der Waals surface area contributed by atoms with Gasteiger partial charge in [-0.3, -0.25) is 0 Å². The number of aryl methyl sites for hydroxylation is 1. The number of benzene rings is 1. The first kappa shape index (κ1) is 17.0. The number of nitrogens with one attached hydrogen (secondary N) is 1. The van der Waals surface area contributed by atoms with Gasteiger partial charge in [0.25, 0.3) is 0 Å². The van der Waals surface area contributed by atoms with Gasteiger partial charge in [0.05, 0.1) is 7.11 Å². The molecule has 0 aliphatic carbocycles. The van der Waals surface area contributed by atoms with Crippen molar-refractivity contribution in [2.75, 3.05) is 13.7 Å². The van der Waals surface area contributed by atoms with E-state index in [9.17, 15) is 0 Å². The quantitative estimate of drug-likeness (QED) is 0.754. The third-order valence-electron chi connectivity index (χ3n) is 4.04. The summed E-state index contributed by atoms with van der Waals surface area (Å²) >= 11 is 0. The highest BCUT2D eigenvalue weighted by Crippen LogP contribution is 2.31. The molecule has 1 N–H and O–H groups in total. The second kappa shape index (κ2) is 8.31. The minimum atomic E-state index is 0.527. The van der Waals surface area contributed by atoms with Gasteiger partial charge in [-0.25, -0.2) is 0 Å². The fraction of sp³-hybridized carbons (Fsp3) is 0.667. The Kier molecular flexibility index (Phi) is 7.08. The zero-order chi connectivity index (χ0) is 15.1. The molecule has 2 unspecified atom stereocenters. The molecule has 2 heteroatoms. The van der Waals surface area contributed by atoms with Crippen molar-refractivity contribution >= 4 is 0 Å². The van der Waals surface area contributed by atoms with E-state index < -0.39 is 0 Å². The Morgan fingerprint density at radius 3 is 2.45 bits per heavy atom. The predicted molar refractivity (Wildman–Crippen MR) is 87.7 cm³/mol. The zero-order valence-electron chi connectivity index (χ0n) is 14.0. The van der Waals surface area contributed by atoms with Crippen molar-refractivity contribution in [3.8, 4) is 5.75 Å². The molecule has 1 aromatic rings. The third kappa shape index (κ3) is 4.82. The molecule has 0 aliphatic heterocycles. The van der Waals surface area contributed by atoms with Crippen molar-refractivity contribution in [1.82, 2.24) is 5.32 Å². The van der Waals surface area contributed by atoms with E-state index in [2.05, 4.69) is 58.1 Å². The lowest BCUT2D eigenvalue weighted by molar-refractivity contribution is 0.386. The molecule has 0 saturated carbocycles. The van der Waals surface area contributed by atoms with E-state index in [-0.39, 0.29) is 0 Å². The fourth-order valence-electron chi connectivity index (χ4n) is 2.73. The average molecular weight is 277 g/mol. The van der Waals surface area contributed by atoms with Gasteiger partial charge in [0, 0.05) is 12.6 Å². The van der Waals surface area contributed by atoms with Gasteiger partial charge in [-0.2, -0.15) is 0 Å². The van der Waals surface area contributed by atoms with Crippen LogP contribution in [0.3, 0.4) is 0 Å². The van der Waals surface area contributed by atoms with Gasteiger partial charge in [-0.1, -0.05) is 52.7 Å². The summed E-state index contributed by atoms with van der Waals surface area (Å²) in [6.45, 7) is 12.2. The summed E-state index contributed by atoms with van der Waals surface area (Å²) in [5.74, 6) is 2.23. The fourth-order valence-corrected chi connectivity index (χ4v) is 2.73. The highest BCUT2D eigenvalue weighted by molar-refractivity contribution is 5.38. The maximum Gasteiger partial charge on any atom is 0.122 e. The summed E-state index contributed by atoms with van der Waals surface area (Å²) in [6.07, 6.45) is 2.50. The maximum absolute atomic E-state index is 5.48. The number of ether oxygens (including phenoxy) is 1. The maximum atomic E-state index is 5.48. The van der Waals surface area contributed by atoms with Crippen LogP contribution in [0.1, 0.15) is 57.6 Å². The smallest absolute Gasteiger partial charge is 0.122 e. The van der Waals surface area contributed by atoms with Crippen molar-refractivity contribution in [2.24, 2.45) is 5.92 Å². The lowest BCUT2D eigenvalue weighted by Gasteiger charge is -2.26. The summed E-state index contributed by atoms with van der Waals surface area (Å²) in [7, 11) is 1.75. The van der Waals surface area contributed by atoms with Crippen LogP contribution < -0.4 is 10.1 Å². The molecule has 2 atom stereocenters. The van der Waals surface area contributed by atoms with Gasteiger partial charge in [-0.05, 0) is 36.0 Å². The van der Waals surface area contributed by atoms with Crippen LogP contribution in [0, 0.1) is 12.8 Å². The standard InChI is InChI=1S/C18H31NO/c1-7-8-14(4)17(12-19-13(2)3)16-10-9-15(5)18(11-16)20-6/h9-11,13-14,17,19H,7-8,12H2,1-6H3. The minimum Gasteiger partial charge on any atom is -0.496 e. The van der Waals surface area contributed by atoms with Crippen LogP contribution in [0.5, 0.6) is 5.75 Å². The molecule has 2 nitrogen and oxygen atoms in total. The first-order chi connectivity index (χ1) is 9.49. The molecule has 0 spiro atoms. The van der Waals surface area contributed by atoms with E-state index in [1.807, 2.05) is 0 Å². The van der Waals surface area contributed by atoms with E-state index in [1.54, 1.807) is 7.11 Å². The van der Waals surface area contributed by atoms with Gasteiger partial charge in [-0.15, -0.1) is 0 Å². The molecule has 1 rings (SSSR count). The van der Waals surface area contributed by atoms with Gasteiger partial charge in [0.1, 0.15) is 5.75 Å². The lowest BCUT2D eigenvalue weighted by Crippen LogP contribution is -2.30. The Hall–Kier alpha value is -1.02. The van der Waals surface area contributed by atoms with Crippen LogP contribution in [0.2, 0.25) is 0 Å². The molecule has 1 aromatic carbocycles. The Labute approximate surface area is 124 Å². The molecule has 0 amide bonds. The molecular formula is C18H31NO. The lowest BCUT2D eigenvalue weighted by atomic mass is 9.84. The Morgan fingerprint density at radius 1 is 1.20 bits per heavy atom. The minimum absolute atomic E-state index is 0.527. The highest BCUT2D eigenvalue weighted by atomic mass is 16.5. The summed E-state index contributed by atoms with van der Waals surface area (Å²) in [6, 6.07) is 7.18. The molecule has 0 radical (unpaired) electrons. The summed E-state index contributed by atoms with van der Waals surface area (Å²) < 4.78 is 5.48. The van der Waals surface area contributed by atoms with Gasteiger partial charge >= 0.3 is 0 Å². The second-order valence-electron chi connectivity index (χ2n) is 6.16. The molecule has 0 fully saturated rings. The van der Waals surface area contributed by atoms with E-state index >= 15 is 0 Å². The van der Waals surface area contributed by atoms with Crippen LogP contribution >= 0.6 is 0 Å². The molecular weight excluding hydrogens is 246 g/mol. The molecule has 0 heterocycles. The number of hydrogen-bond donors (Lipinski definition) is 1. The summed E-state index contributed by atoms with van der Waals surface area (Å²) in [5.41, 5.74) is 2.59. The van der Waals surface area contributed by atoms with Crippen molar-refractivity contribution < 1.29 is 4.74 Å². The topological polar surface area (TPSA) is 21.3 Å². The Balaban J connectivity index is 2.96. The number of hydrogen-bond acceptors (Lipinski definition) is 2. The van der Waals surface area contributed by atoms with Crippen molar-refractivity contribution in [2.45, 2.75) is 59.4 Å². The predicted octanol–water partition coefficient (Wildman–Crippen LogP) is 4.52. The normalized spacial score (nSPS) is 14.3. The molecule has 0 saturated heterocycles. The Bertz CT molecular complexity index is 400. The van der Waals surface area contributed by atoms with E-state index in [4.69, 9.17) is 4.74 Å². The SMILES string of the molecule is CCCC(C)C(CNC(C)C)c1ccc(C)c(OC)c1. The van der Waals surface area contributed by atoms with Gasteiger partial charge in [0.15, 0.2) is 0 Å². The highest BCUT2D eigenvalue weighted by Gasteiger charge is 2.20. The largest absolute Gasteiger partial charge is 0.496 e. The van der Waals surface area contributed by atoms with Crippen LogP contribution in [-0.4, -0.2) is 19.7 Å². The molecule has 0 aliphatic rings. The third-order valence-corrected chi connectivity index (χ3v) is 4.04. The van der Waals surface area contributed by atoms with Gasteiger partial charge < -0.3 is 10.1 Å². The van der Waals surface area contributed by atoms with Crippen LogP contribution in [0.4, 0.5) is 0 Å². The number of methoxy groups -OCH3 is 1. The van der Waals surface area contributed by atoms with Crippen molar-refractivity contribution in [3.63, 3.8) is 0 Å². The van der Waals surface area contributed by atoms with E-state index in [0.717, 1.165) is 12.3 Å². The molecule has 20 heavy (non-hydrogen) atoms.